The molecule has 0 aliphatic carbocycles. The summed E-state index contributed by atoms with van der Waals surface area (Å²) < 4.78 is 23.0. The number of hydrogen-bond acceptors (Lipinski definition) is 11. The van der Waals surface area contributed by atoms with Crippen LogP contribution in [0.1, 0.15) is 72.7 Å². The van der Waals surface area contributed by atoms with E-state index in [-0.39, 0.29) is 71.3 Å². The van der Waals surface area contributed by atoms with E-state index in [0.29, 0.717) is 5.56 Å². The van der Waals surface area contributed by atoms with Crippen molar-refractivity contribution in [2.75, 3.05) is 0 Å². The summed E-state index contributed by atoms with van der Waals surface area (Å²) in [4.78, 5) is 50.3. The van der Waals surface area contributed by atoms with Crippen molar-refractivity contribution in [2.45, 2.75) is 82.9 Å². The average Bonchev–Trinajstić information content (AvgIpc) is 3.39. The van der Waals surface area contributed by atoms with Gasteiger partial charge in [-0.2, -0.15) is 0 Å². The molecule has 4 aliphatic heterocycles. The van der Waals surface area contributed by atoms with Gasteiger partial charge in [-0.1, -0.05) is 6.92 Å². The van der Waals surface area contributed by atoms with Crippen molar-refractivity contribution in [3.05, 3.63) is 34.9 Å². The number of carbonyl (C=O) groups is 4. The Hall–Kier alpha value is -4.12. The molecular weight excluding hydrogens is 536 g/mol. The fraction of sp³-hybridized carbons (Fsp3) is 0.467. The summed E-state index contributed by atoms with van der Waals surface area (Å²) in [5.41, 5.74) is -1.95. The monoisotopic (exact) mass is 566 g/mol. The van der Waals surface area contributed by atoms with Gasteiger partial charge in [0.25, 0.3) is 0 Å². The van der Waals surface area contributed by atoms with Gasteiger partial charge in [-0.05, 0) is 44.5 Å². The first kappa shape index (κ1) is 27.1. The molecule has 0 aromatic heterocycles. The third kappa shape index (κ3) is 4.05. The number of aromatic hydroxyl groups is 2. The summed E-state index contributed by atoms with van der Waals surface area (Å²) in [6.07, 6.45) is -3.25. The molecule has 0 spiro atoms. The number of esters is 2. The minimum Gasteiger partial charge on any atom is -0.506 e. The van der Waals surface area contributed by atoms with Crippen LogP contribution in [0.15, 0.2) is 18.2 Å². The molecule has 2 aromatic carbocycles. The minimum atomic E-state index is -1.35. The van der Waals surface area contributed by atoms with Crippen LogP contribution in [-0.4, -0.2) is 68.3 Å². The lowest BCUT2D eigenvalue weighted by molar-refractivity contribution is -0.152. The van der Waals surface area contributed by atoms with Crippen LogP contribution in [0.4, 0.5) is 0 Å². The van der Waals surface area contributed by atoms with Gasteiger partial charge in [-0.25, -0.2) is 0 Å². The van der Waals surface area contributed by atoms with Crippen molar-refractivity contribution >= 4 is 23.5 Å². The van der Waals surface area contributed by atoms with Crippen LogP contribution >= 0.6 is 0 Å². The van der Waals surface area contributed by atoms with E-state index >= 15 is 0 Å². The number of benzene rings is 2. The van der Waals surface area contributed by atoms with Crippen LogP contribution < -0.4 is 9.47 Å². The maximum absolute atomic E-state index is 13.4. The highest BCUT2D eigenvalue weighted by atomic mass is 16.6. The number of phenolic OH excluding ortho intramolecular Hbond substituents is 2. The molecule has 0 saturated carbocycles. The molecule has 6 atom stereocenters. The van der Waals surface area contributed by atoms with Crippen LogP contribution in [0, 0.1) is 12.8 Å². The topological polar surface area (TPSA) is 166 Å². The van der Waals surface area contributed by atoms with E-state index in [2.05, 4.69) is 0 Å². The molecule has 2 aromatic rings. The van der Waals surface area contributed by atoms with E-state index in [1.165, 1.54) is 12.1 Å². The Balaban J connectivity index is 1.38. The van der Waals surface area contributed by atoms with Gasteiger partial charge in [0.2, 0.25) is 0 Å². The second-order valence-corrected chi connectivity index (χ2v) is 11.9. The second kappa shape index (κ2) is 8.94. The van der Waals surface area contributed by atoms with Gasteiger partial charge < -0.3 is 34.3 Å². The quantitative estimate of drug-likeness (QED) is 0.467. The lowest BCUT2D eigenvalue weighted by Crippen LogP contribution is -2.53. The zero-order chi connectivity index (χ0) is 29.6. The van der Waals surface area contributed by atoms with Crippen molar-refractivity contribution in [1.82, 2.24) is 0 Å². The number of cyclic esters (lactones) is 2. The maximum Gasteiger partial charge on any atom is 0.309 e. The molecule has 216 valence electrons. The van der Waals surface area contributed by atoms with Crippen LogP contribution in [0.2, 0.25) is 0 Å². The number of aryl methyl sites for hydroxylation is 1. The Kier molecular flexibility index (Phi) is 5.90. The largest absolute Gasteiger partial charge is 0.506 e. The van der Waals surface area contributed by atoms with Gasteiger partial charge in [0.15, 0.2) is 28.9 Å². The molecule has 0 amide bonds. The fourth-order valence-corrected chi connectivity index (χ4v) is 6.77. The molecule has 11 nitrogen and oxygen atoms in total. The molecule has 4 aliphatic rings. The number of phenols is 2. The summed E-state index contributed by atoms with van der Waals surface area (Å²) in [6, 6.07) is 4.48. The Morgan fingerprint density at radius 3 is 1.93 bits per heavy atom. The van der Waals surface area contributed by atoms with Crippen molar-refractivity contribution in [3.8, 4) is 34.1 Å². The van der Waals surface area contributed by atoms with Crippen LogP contribution in [0.3, 0.4) is 0 Å². The van der Waals surface area contributed by atoms with Gasteiger partial charge in [0.05, 0.1) is 25.7 Å². The number of Topliss-reactive ketones (excluding diaryl/α,β-unsaturated/α-hetero) is 2. The third-order valence-electron chi connectivity index (χ3n) is 8.59. The van der Waals surface area contributed by atoms with Crippen molar-refractivity contribution in [2.24, 2.45) is 5.92 Å². The van der Waals surface area contributed by atoms with E-state index in [1.54, 1.807) is 26.8 Å². The number of rotatable bonds is 3. The fourth-order valence-electron chi connectivity index (χ4n) is 6.77. The predicted molar refractivity (Wildman–Crippen MR) is 140 cm³/mol. The van der Waals surface area contributed by atoms with E-state index < -0.39 is 58.5 Å². The first-order valence-corrected chi connectivity index (χ1v) is 13.5. The number of ether oxygens (including phenoxy) is 4. The molecule has 41 heavy (non-hydrogen) atoms. The van der Waals surface area contributed by atoms with Gasteiger partial charge in [-0.3, -0.25) is 19.2 Å². The van der Waals surface area contributed by atoms with Gasteiger partial charge >= 0.3 is 11.9 Å². The van der Waals surface area contributed by atoms with Crippen LogP contribution in [0.5, 0.6) is 23.0 Å². The van der Waals surface area contributed by atoms with E-state index in [1.807, 2.05) is 6.92 Å². The maximum atomic E-state index is 13.4. The number of ketones is 2. The summed E-state index contributed by atoms with van der Waals surface area (Å²) in [7, 11) is 0. The number of aliphatic hydroxyl groups is 1. The van der Waals surface area contributed by atoms with Crippen molar-refractivity contribution < 1.29 is 53.4 Å². The lowest BCUT2D eigenvalue weighted by atomic mass is 9.80. The number of carbonyl (C=O) groups excluding carboxylic acids is 4. The predicted octanol–water partition coefficient (Wildman–Crippen LogP) is 3.15. The van der Waals surface area contributed by atoms with E-state index in [0.717, 1.165) is 0 Å². The summed E-state index contributed by atoms with van der Waals surface area (Å²) in [5.74, 6) is -2.73. The molecule has 2 saturated heterocycles. The summed E-state index contributed by atoms with van der Waals surface area (Å²) >= 11 is 0. The average molecular weight is 567 g/mol. The lowest BCUT2D eigenvalue weighted by Gasteiger charge is -2.40. The van der Waals surface area contributed by atoms with Crippen LogP contribution in [0.25, 0.3) is 11.1 Å². The van der Waals surface area contributed by atoms with Gasteiger partial charge in [0.1, 0.15) is 46.3 Å². The Labute approximate surface area is 235 Å². The van der Waals surface area contributed by atoms with Gasteiger partial charge in [-0.15, -0.1) is 0 Å². The van der Waals surface area contributed by atoms with E-state index in [9.17, 15) is 34.5 Å². The Morgan fingerprint density at radius 1 is 0.780 bits per heavy atom. The van der Waals surface area contributed by atoms with Crippen LogP contribution in [-0.2, 0) is 19.1 Å². The van der Waals surface area contributed by atoms with Crippen molar-refractivity contribution in [3.63, 3.8) is 0 Å². The number of hydrogen-bond donors (Lipinski definition) is 3. The number of fused-ring (bicyclic) bond motifs is 2. The molecule has 0 bridgehead atoms. The second-order valence-electron chi connectivity index (χ2n) is 11.9. The molecule has 3 N–H and O–H groups in total. The molecule has 0 radical (unpaired) electrons. The van der Waals surface area contributed by atoms with Crippen molar-refractivity contribution in [1.29, 1.82) is 0 Å². The molecular formula is C30H30O11. The molecule has 6 rings (SSSR count). The first-order valence-electron chi connectivity index (χ1n) is 13.5. The number of aliphatic hydroxyl groups excluding tert-OH is 1. The third-order valence-corrected chi connectivity index (χ3v) is 8.59. The zero-order valence-electron chi connectivity index (χ0n) is 23.0. The highest BCUT2D eigenvalue weighted by Gasteiger charge is 2.53. The highest BCUT2D eigenvalue weighted by Crippen LogP contribution is 2.52. The summed E-state index contributed by atoms with van der Waals surface area (Å²) in [5, 5.41) is 32.9. The normalized spacial score (nSPS) is 32.5. The smallest absolute Gasteiger partial charge is 0.309 e. The molecule has 6 unspecified atom stereocenters. The molecule has 2 fully saturated rings. The zero-order valence-corrected chi connectivity index (χ0v) is 23.0. The standard InChI is InChI=1S/C30H30O11/c1-12-7-19-24(17(33)10-29(3,41-19)27-13(2)8-20(34)38-27)26(37)22(12)14-5-6-18-23(25(14)36)16(32)11-30(4,40-18)28-15(31)9-21(35)39-28/h5-7,13,15,27-28,31,36-37H,8-11H2,1-4H3. The van der Waals surface area contributed by atoms with Gasteiger partial charge in [0, 0.05) is 17.0 Å². The summed E-state index contributed by atoms with van der Waals surface area (Å²) in [6.45, 7) is 6.77. The molecule has 11 heteroatoms. The Morgan fingerprint density at radius 2 is 1.34 bits per heavy atom. The molecule has 4 heterocycles. The first-order chi connectivity index (χ1) is 19.2. The minimum absolute atomic E-state index is 0.0330. The van der Waals surface area contributed by atoms with E-state index in [4.69, 9.17) is 18.9 Å². The highest BCUT2D eigenvalue weighted by molar-refractivity contribution is 6.08. The SMILES string of the molecule is Cc1cc2c(c(O)c1-c1ccc3c(c1O)C(=O)CC(C)(C1OC(=O)CC1O)O3)C(=O)CC(C)(C1OC(=O)CC1C)O2. The Bertz CT molecular complexity index is 1540.